The average Bonchev–Trinajstić information content (AvgIpc) is 2.52. The Hall–Kier alpha value is -2.85. The number of nitrogens with one attached hydrogen (secondary N) is 1. The molecule has 0 aromatic heterocycles. The minimum absolute atomic E-state index is 0.352. The predicted molar refractivity (Wildman–Crippen MR) is 74.7 cm³/mol. The third-order valence-corrected chi connectivity index (χ3v) is 2.75. The molecule has 7 N–H and O–H groups in total. The lowest BCUT2D eigenvalue weighted by Crippen LogP contribution is -2.46. The van der Waals surface area contributed by atoms with Gasteiger partial charge in [-0.2, -0.15) is 0 Å². The Morgan fingerprint density at radius 3 is 2.48 bits per heavy atom. The van der Waals surface area contributed by atoms with E-state index in [0.29, 0.717) is 0 Å². The molecule has 1 aromatic carbocycles. The highest BCUT2D eigenvalue weighted by Crippen LogP contribution is 2.27. The smallest absolute Gasteiger partial charge is 0.329 e. The largest absolute Gasteiger partial charge is 0.504 e. The summed E-state index contributed by atoms with van der Waals surface area (Å²) in [4.78, 5) is 34.3. The fourth-order valence-corrected chi connectivity index (χ4v) is 1.47. The van der Waals surface area contributed by atoms with Gasteiger partial charge in [0.15, 0.2) is 17.5 Å². The number of rotatable bonds is 7. The van der Waals surface area contributed by atoms with Crippen molar-refractivity contribution in [1.82, 2.24) is 5.32 Å². The molecule has 0 saturated heterocycles. The number of para-hydroxylation sites is 1. The van der Waals surface area contributed by atoms with Crippen LogP contribution in [-0.2, 0) is 14.3 Å². The number of carboxylic acids is 1. The van der Waals surface area contributed by atoms with E-state index in [1.54, 1.807) is 0 Å². The molecule has 23 heavy (non-hydrogen) atoms. The van der Waals surface area contributed by atoms with Gasteiger partial charge in [-0.1, -0.05) is 6.07 Å². The third-order valence-electron chi connectivity index (χ3n) is 2.75. The van der Waals surface area contributed by atoms with E-state index in [1.807, 2.05) is 5.32 Å². The zero-order valence-corrected chi connectivity index (χ0v) is 11.8. The lowest BCUT2D eigenvalue weighted by molar-refractivity contribution is -0.150. The minimum atomic E-state index is -1.61. The molecular formula is C13H16N2O8. The second-order valence-electron chi connectivity index (χ2n) is 4.46. The fourth-order valence-electron chi connectivity index (χ4n) is 1.47. The van der Waals surface area contributed by atoms with E-state index >= 15 is 0 Å². The maximum atomic E-state index is 11.9. The number of carbonyl (C=O) groups is 3. The van der Waals surface area contributed by atoms with Crippen LogP contribution in [0, 0.1) is 0 Å². The van der Waals surface area contributed by atoms with Crippen LogP contribution in [0.15, 0.2) is 18.2 Å². The Morgan fingerprint density at radius 2 is 1.91 bits per heavy atom. The first-order valence-corrected chi connectivity index (χ1v) is 6.35. The van der Waals surface area contributed by atoms with E-state index in [4.69, 9.17) is 15.9 Å². The molecule has 1 amide bonds. The van der Waals surface area contributed by atoms with Crippen molar-refractivity contribution in [3.05, 3.63) is 23.8 Å². The quantitative estimate of drug-likeness (QED) is 0.247. The van der Waals surface area contributed by atoms with Crippen molar-refractivity contribution in [2.75, 3.05) is 13.2 Å². The molecule has 0 spiro atoms. The molecule has 0 saturated carbocycles. The van der Waals surface area contributed by atoms with E-state index in [2.05, 4.69) is 4.74 Å². The summed E-state index contributed by atoms with van der Waals surface area (Å²) in [5, 5.41) is 38.6. The number of ether oxygens (including phenoxy) is 1. The van der Waals surface area contributed by atoms with E-state index in [0.717, 1.165) is 12.1 Å². The van der Waals surface area contributed by atoms with Gasteiger partial charge in [-0.3, -0.25) is 9.59 Å². The first-order chi connectivity index (χ1) is 10.8. The van der Waals surface area contributed by atoms with Gasteiger partial charge in [0.25, 0.3) is 5.91 Å². The summed E-state index contributed by atoms with van der Waals surface area (Å²) in [7, 11) is 0. The van der Waals surface area contributed by atoms with Crippen LogP contribution in [0.2, 0.25) is 0 Å². The van der Waals surface area contributed by atoms with Crippen LogP contribution in [0.25, 0.3) is 0 Å². The second kappa shape index (κ2) is 7.96. The van der Waals surface area contributed by atoms with Crippen molar-refractivity contribution < 1.29 is 39.5 Å². The summed E-state index contributed by atoms with van der Waals surface area (Å²) in [5.74, 6) is -4.79. The fraction of sp³-hybridized carbons (Fsp3) is 0.308. The van der Waals surface area contributed by atoms with Gasteiger partial charge in [-0.15, -0.1) is 0 Å². The summed E-state index contributed by atoms with van der Waals surface area (Å²) in [6.07, 6.45) is 0. The van der Waals surface area contributed by atoms with Crippen molar-refractivity contribution in [3.8, 4) is 11.5 Å². The van der Waals surface area contributed by atoms with Crippen molar-refractivity contribution in [3.63, 3.8) is 0 Å². The van der Waals surface area contributed by atoms with E-state index < -0.39 is 54.6 Å². The summed E-state index contributed by atoms with van der Waals surface area (Å²) in [5.41, 5.74) is 4.84. The van der Waals surface area contributed by atoms with Crippen LogP contribution in [0.3, 0.4) is 0 Å². The number of amides is 1. The predicted octanol–water partition coefficient (Wildman–Crippen LogP) is -1.86. The van der Waals surface area contributed by atoms with Gasteiger partial charge in [-0.25, -0.2) is 4.79 Å². The van der Waals surface area contributed by atoms with Gasteiger partial charge in [-0.05, 0) is 12.1 Å². The molecular weight excluding hydrogens is 312 g/mol. The van der Waals surface area contributed by atoms with Crippen LogP contribution in [0.5, 0.6) is 11.5 Å². The summed E-state index contributed by atoms with van der Waals surface area (Å²) in [6, 6.07) is 0.643. The number of nitrogens with two attached hydrogens (primary N) is 1. The highest BCUT2D eigenvalue weighted by atomic mass is 16.5. The number of hydrogen-bond acceptors (Lipinski definition) is 8. The van der Waals surface area contributed by atoms with E-state index in [1.165, 1.54) is 6.07 Å². The molecule has 1 rings (SSSR count). The molecule has 1 aromatic rings. The molecule has 2 unspecified atom stereocenters. The monoisotopic (exact) mass is 328 g/mol. The molecule has 0 aliphatic carbocycles. The molecule has 10 heteroatoms. The number of hydrogen-bond donors (Lipinski definition) is 6. The lowest BCUT2D eigenvalue weighted by atomic mass is 10.1. The SMILES string of the molecule is NC(CO)C(=O)OCC(NC(=O)c1cccc(O)c1O)C(=O)O. The van der Waals surface area contributed by atoms with Gasteiger partial charge in [0.05, 0.1) is 12.2 Å². The molecule has 0 heterocycles. The van der Waals surface area contributed by atoms with E-state index in [9.17, 15) is 24.6 Å². The maximum absolute atomic E-state index is 11.9. The van der Waals surface area contributed by atoms with Gasteiger partial charge in [0, 0.05) is 0 Å². The van der Waals surface area contributed by atoms with Crippen LogP contribution in [0.1, 0.15) is 10.4 Å². The highest BCUT2D eigenvalue weighted by Gasteiger charge is 2.25. The number of benzene rings is 1. The lowest BCUT2D eigenvalue weighted by Gasteiger charge is -2.16. The van der Waals surface area contributed by atoms with Crippen molar-refractivity contribution >= 4 is 17.8 Å². The van der Waals surface area contributed by atoms with Crippen LogP contribution >= 0.6 is 0 Å². The number of aliphatic hydroxyl groups is 1. The number of aliphatic carboxylic acids is 1. The number of carbonyl (C=O) groups excluding carboxylic acids is 2. The van der Waals surface area contributed by atoms with E-state index in [-0.39, 0.29) is 5.56 Å². The standard InChI is InChI=1S/C13H16N2O8/c14-7(4-16)13(22)23-5-8(12(20)21)15-11(19)6-2-1-3-9(17)10(6)18/h1-3,7-8,16-18H,4-5,14H2,(H,15,19)(H,20,21). The number of phenols is 2. The van der Waals surface area contributed by atoms with Crippen LogP contribution in [0.4, 0.5) is 0 Å². The zero-order valence-electron chi connectivity index (χ0n) is 11.8. The van der Waals surface area contributed by atoms with Crippen LogP contribution in [-0.4, -0.2) is 63.6 Å². The normalized spacial score (nSPS) is 13.0. The third kappa shape index (κ3) is 4.83. The number of aliphatic hydroxyl groups excluding tert-OH is 1. The number of phenolic OH excluding ortho intramolecular Hbond substituents is 2. The van der Waals surface area contributed by atoms with Gasteiger partial charge in [0.1, 0.15) is 12.6 Å². The molecule has 2 atom stereocenters. The number of aromatic hydroxyl groups is 2. The molecule has 10 nitrogen and oxygen atoms in total. The molecule has 0 aliphatic rings. The zero-order chi connectivity index (χ0) is 17.6. The molecule has 0 bridgehead atoms. The summed E-state index contributed by atoms with van der Waals surface area (Å²) >= 11 is 0. The van der Waals surface area contributed by atoms with Gasteiger partial charge >= 0.3 is 11.9 Å². The molecule has 126 valence electrons. The van der Waals surface area contributed by atoms with Gasteiger partial charge < -0.3 is 36.2 Å². The summed E-state index contributed by atoms with van der Waals surface area (Å²) < 4.78 is 4.58. The minimum Gasteiger partial charge on any atom is -0.504 e. The highest BCUT2D eigenvalue weighted by molar-refractivity contribution is 5.99. The van der Waals surface area contributed by atoms with Crippen molar-refractivity contribution in [2.24, 2.45) is 5.73 Å². The first kappa shape index (κ1) is 18.2. The van der Waals surface area contributed by atoms with Crippen molar-refractivity contribution in [2.45, 2.75) is 12.1 Å². The Balaban J connectivity index is 2.76. The van der Waals surface area contributed by atoms with Crippen LogP contribution < -0.4 is 11.1 Å². The summed E-state index contributed by atoms with van der Waals surface area (Å²) in [6.45, 7) is -1.41. The Labute approximate surface area is 130 Å². The van der Waals surface area contributed by atoms with Crippen molar-refractivity contribution in [1.29, 1.82) is 0 Å². The molecule has 0 radical (unpaired) electrons. The maximum Gasteiger partial charge on any atom is 0.329 e. The Morgan fingerprint density at radius 1 is 1.26 bits per heavy atom. The second-order valence-corrected chi connectivity index (χ2v) is 4.46. The molecule has 0 aliphatic heterocycles. The Bertz CT molecular complexity index is 604. The number of carboxylic acid groups (broad SMARTS) is 1. The number of esters is 1. The van der Waals surface area contributed by atoms with Gasteiger partial charge in [0.2, 0.25) is 0 Å². The average molecular weight is 328 g/mol. The first-order valence-electron chi connectivity index (χ1n) is 6.35. The molecule has 0 fully saturated rings. The Kier molecular flexibility index (Phi) is 6.30. The topological polar surface area (TPSA) is 179 Å².